The second-order valence-corrected chi connectivity index (χ2v) is 5.72. The van der Waals surface area contributed by atoms with E-state index >= 15 is 0 Å². The Balaban J connectivity index is 2.12. The van der Waals surface area contributed by atoms with Crippen LogP contribution < -0.4 is 0 Å². The summed E-state index contributed by atoms with van der Waals surface area (Å²) in [4.78, 5) is 0. The average Bonchev–Trinajstić information content (AvgIpc) is 2.99. The lowest BCUT2D eigenvalue weighted by molar-refractivity contribution is -0.0389. The first-order chi connectivity index (χ1) is 9.28. The molecular formula is C17H26O2. The Hall–Kier alpha value is -1.02. The van der Waals surface area contributed by atoms with Gasteiger partial charge in [0, 0.05) is 5.41 Å². The molecule has 4 unspecified atom stereocenters. The van der Waals surface area contributed by atoms with Gasteiger partial charge in [-0.15, -0.1) is 6.58 Å². The SMILES string of the molecule is C=CCOCC1(COC=CC)C2C=CC(C2)C1CC. The minimum Gasteiger partial charge on any atom is -0.501 e. The Morgan fingerprint density at radius 2 is 2.21 bits per heavy atom. The van der Waals surface area contributed by atoms with Crippen LogP contribution >= 0.6 is 0 Å². The first-order valence-corrected chi connectivity index (χ1v) is 7.38. The lowest BCUT2D eigenvalue weighted by atomic mass is 9.68. The van der Waals surface area contributed by atoms with Gasteiger partial charge in [-0.25, -0.2) is 0 Å². The van der Waals surface area contributed by atoms with Crippen LogP contribution in [-0.4, -0.2) is 19.8 Å². The Morgan fingerprint density at radius 1 is 1.37 bits per heavy atom. The normalized spacial score (nSPS) is 36.2. The van der Waals surface area contributed by atoms with E-state index in [0.717, 1.165) is 19.1 Å². The van der Waals surface area contributed by atoms with Crippen LogP contribution in [0.5, 0.6) is 0 Å². The minimum absolute atomic E-state index is 0.149. The molecule has 2 aliphatic rings. The molecule has 0 aromatic rings. The molecule has 0 aromatic heterocycles. The van der Waals surface area contributed by atoms with Gasteiger partial charge >= 0.3 is 0 Å². The van der Waals surface area contributed by atoms with E-state index in [9.17, 15) is 0 Å². The fourth-order valence-electron chi connectivity index (χ4n) is 3.96. The van der Waals surface area contributed by atoms with Crippen molar-refractivity contribution in [3.05, 3.63) is 37.1 Å². The second-order valence-electron chi connectivity index (χ2n) is 5.72. The van der Waals surface area contributed by atoms with Crippen molar-refractivity contribution < 1.29 is 9.47 Å². The van der Waals surface area contributed by atoms with E-state index in [2.05, 4.69) is 25.7 Å². The van der Waals surface area contributed by atoms with Gasteiger partial charge < -0.3 is 9.47 Å². The summed E-state index contributed by atoms with van der Waals surface area (Å²) in [5.74, 6) is 2.01. The number of hydrogen-bond acceptors (Lipinski definition) is 2. The predicted molar refractivity (Wildman–Crippen MR) is 78.7 cm³/mol. The quantitative estimate of drug-likeness (QED) is 0.374. The van der Waals surface area contributed by atoms with Crippen LogP contribution in [0, 0.1) is 23.2 Å². The Labute approximate surface area is 117 Å². The summed E-state index contributed by atoms with van der Waals surface area (Å²) in [7, 11) is 0. The fourth-order valence-corrected chi connectivity index (χ4v) is 3.96. The molecule has 0 spiro atoms. The number of hydrogen-bond donors (Lipinski definition) is 0. The first kappa shape index (κ1) is 14.4. The number of allylic oxidation sites excluding steroid dienone is 3. The molecule has 2 heteroatoms. The molecule has 19 heavy (non-hydrogen) atoms. The van der Waals surface area contributed by atoms with Gasteiger partial charge in [-0.2, -0.15) is 0 Å². The molecule has 0 radical (unpaired) electrons. The summed E-state index contributed by atoms with van der Waals surface area (Å²) in [5.41, 5.74) is 0.149. The Bertz CT molecular complexity index is 358. The highest BCUT2D eigenvalue weighted by Gasteiger charge is 2.55. The zero-order valence-corrected chi connectivity index (χ0v) is 12.2. The summed E-state index contributed by atoms with van der Waals surface area (Å²) in [6, 6.07) is 0. The van der Waals surface area contributed by atoms with Crippen LogP contribution in [0.25, 0.3) is 0 Å². The lowest BCUT2D eigenvalue weighted by Crippen LogP contribution is -2.42. The van der Waals surface area contributed by atoms with Crippen molar-refractivity contribution >= 4 is 0 Å². The van der Waals surface area contributed by atoms with Crippen LogP contribution in [0.15, 0.2) is 37.1 Å². The molecule has 0 saturated heterocycles. The predicted octanol–water partition coefficient (Wildman–Crippen LogP) is 3.96. The highest BCUT2D eigenvalue weighted by Crippen LogP contribution is 2.57. The summed E-state index contributed by atoms with van der Waals surface area (Å²) >= 11 is 0. The molecule has 0 aromatic carbocycles. The monoisotopic (exact) mass is 262 g/mol. The highest BCUT2D eigenvalue weighted by molar-refractivity contribution is 5.19. The third-order valence-electron chi connectivity index (χ3n) is 4.74. The molecule has 1 fully saturated rings. The zero-order valence-electron chi connectivity index (χ0n) is 12.2. The summed E-state index contributed by atoms with van der Waals surface area (Å²) in [6.07, 6.45) is 12.8. The van der Waals surface area contributed by atoms with Crippen LogP contribution in [0.1, 0.15) is 26.7 Å². The molecule has 2 rings (SSSR count). The van der Waals surface area contributed by atoms with Gasteiger partial charge in [0.05, 0.1) is 26.1 Å². The summed E-state index contributed by atoms with van der Waals surface area (Å²) < 4.78 is 11.6. The van der Waals surface area contributed by atoms with E-state index in [1.807, 2.05) is 19.1 Å². The average molecular weight is 262 g/mol. The van der Waals surface area contributed by atoms with Crippen molar-refractivity contribution in [1.82, 2.24) is 0 Å². The van der Waals surface area contributed by atoms with E-state index in [1.165, 1.54) is 12.8 Å². The van der Waals surface area contributed by atoms with Crippen molar-refractivity contribution in [3.63, 3.8) is 0 Å². The van der Waals surface area contributed by atoms with E-state index in [4.69, 9.17) is 9.47 Å². The van der Waals surface area contributed by atoms with E-state index < -0.39 is 0 Å². The third kappa shape index (κ3) is 2.64. The van der Waals surface area contributed by atoms with Crippen molar-refractivity contribution in [1.29, 1.82) is 0 Å². The Kier molecular flexibility index (Phi) is 4.87. The molecule has 0 heterocycles. The van der Waals surface area contributed by atoms with Crippen molar-refractivity contribution in [2.45, 2.75) is 26.7 Å². The molecule has 2 bridgehead atoms. The topological polar surface area (TPSA) is 18.5 Å². The molecule has 0 N–H and O–H groups in total. The van der Waals surface area contributed by atoms with Gasteiger partial charge in [-0.1, -0.05) is 37.6 Å². The van der Waals surface area contributed by atoms with Gasteiger partial charge in [-0.05, 0) is 31.1 Å². The van der Waals surface area contributed by atoms with Gasteiger partial charge in [0.1, 0.15) is 0 Å². The molecule has 106 valence electrons. The molecule has 0 amide bonds. The first-order valence-electron chi connectivity index (χ1n) is 7.38. The van der Waals surface area contributed by atoms with E-state index in [0.29, 0.717) is 18.4 Å². The molecule has 4 atom stereocenters. The smallest absolute Gasteiger partial charge is 0.0959 e. The number of rotatable bonds is 8. The van der Waals surface area contributed by atoms with Crippen LogP contribution in [0.2, 0.25) is 0 Å². The maximum atomic E-state index is 5.83. The van der Waals surface area contributed by atoms with Gasteiger partial charge in [-0.3, -0.25) is 0 Å². The summed E-state index contributed by atoms with van der Waals surface area (Å²) in [6.45, 7) is 10.2. The maximum absolute atomic E-state index is 5.83. The van der Waals surface area contributed by atoms with E-state index in [-0.39, 0.29) is 5.41 Å². The lowest BCUT2D eigenvalue weighted by Gasteiger charge is -2.41. The van der Waals surface area contributed by atoms with Crippen molar-refractivity contribution in [2.75, 3.05) is 19.8 Å². The second kappa shape index (κ2) is 6.42. The minimum atomic E-state index is 0.149. The van der Waals surface area contributed by atoms with Crippen molar-refractivity contribution in [2.24, 2.45) is 23.2 Å². The number of ether oxygens (including phenoxy) is 2. The van der Waals surface area contributed by atoms with E-state index in [1.54, 1.807) is 6.26 Å². The zero-order chi connectivity index (χ0) is 13.7. The van der Waals surface area contributed by atoms with Crippen LogP contribution in [0.3, 0.4) is 0 Å². The van der Waals surface area contributed by atoms with Crippen molar-refractivity contribution in [3.8, 4) is 0 Å². The standard InChI is InChI=1S/C17H26O2/c1-4-9-18-12-17(13-19-10-5-2)15-8-7-14(11-15)16(17)6-3/h4-5,7-8,10,14-16H,1,6,9,11-13H2,2-3H3. The fraction of sp³-hybridized carbons (Fsp3) is 0.647. The Morgan fingerprint density at radius 3 is 2.89 bits per heavy atom. The molecule has 2 aliphatic carbocycles. The summed E-state index contributed by atoms with van der Waals surface area (Å²) in [5, 5.41) is 0. The molecule has 1 saturated carbocycles. The molecule has 2 nitrogen and oxygen atoms in total. The molecule has 0 aliphatic heterocycles. The van der Waals surface area contributed by atoms with Crippen LogP contribution in [0.4, 0.5) is 0 Å². The van der Waals surface area contributed by atoms with Gasteiger partial charge in [0.15, 0.2) is 0 Å². The highest BCUT2D eigenvalue weighted by atomic mass is 16.5. The molecular weight excluding hydrogens is 236 g/mol. The maximum Gasteiger partial charge on any atom is 0.0959 e. The van der Waals surface area contributed by atoms with Gasteiger partial charge in [0.2, 0.25) is 0 Å². The third-order valence-corrected chi connectivity index (χ3v) is 4.74. The van der Waals surface area contributed by atoms with Gasteiger partial charge in [0.25, 0.3) is 0 Å². The van der Waals surface area contributed by atoms with Crippen LogP contribution in [-0.2, 0) is 9.47 Å². The largest absolute Gasteiger partial charge is 0.501 e. The number of fused-ring (bicyclic) bond motifs is 2.